The summed E-state index contributed by atoms with van der Waals surface area (Å²) in [4.78, 5) is 27.2. The van der Waals surface area contributed by atoms with Crippen LogP contribution in [0.25, 0.3) is 0 Å². The van der Waals surface area contributed by atoms with E-state index in [0.717, 1.165) is 0 Å². The molecule has 4 aliphatic rings. The van der Waals surface area contributed by atoms with E-state index in [0.29, 0.717) is 23.1 Å². The number of alkyl halides is 6. The molecule has 4 aliphatic carbocycles. The van der Waals surface area contributed by atoms with E-state index in [4.69, 9.17) is 32.8 Å². The first kappa shape index (κ1) is 32.8. The Hall–Kier alpha value is -2.16. The largest absolute Gasteiger partial charge is 0.438 e. The Balaban J connectivity index is 1.71. The Kier molecular flexibility index (Phi) is 8.41. The van der Waals surface area contributed by atoms with Crippen molar-refractivity contribution in [1.82, 2.24) is 0 Å². The van der Waals surface area contributed by atoms with Gasteiger partial charge in [0.15, 0.2) is 0 Å². The fourth-order valence-electron chi connectivity index (χ4n) is 7.31. The first-order chi connectivity index (χ1) is 19.2. The number of carbonyl (C=O) groups is 2. The van der Waals surface area contributed by atoms with Crippen LogP contribution in [-0.4, -0.2) is 72.2 Å². The third kappa shape index (κ3) is 5.71. The molecule has 1 N–H and O–H groups in total. The van der Waals surface area contributed by atoms with Crippen LogP contribution in [0.3, 0.4) is 0 Å². The fraction of sp³-hybridized carbons (Fsp3) is 0.680. The standard InChI is InChI=1S/C25H25B3F6O7S/c26-8-13-2-16(9-27)18(17(3-13)10-28)40-19(35)21-4-14-1-15(5-21)7-22(6-14,11-21)20(36)41-23(24(29,30)31,25(32,33)34)12-42(37,38)39/h2-3,14-15H,1,4-12H2,(H,37,38,39). The van der Waals surface area contributed by atoms with Gasteiger partial charge in [-0.2, -0.15) is 34.8 Å². The monoisotopic (exact) mass is 616 g/mol. The van der Waals surface area contributed by atoms with Crippen LogP contribution in [0.5, 0.6) is 5.75 Å². The minimum absolute atomic E-state index is 0.0656. The van der Waals surface area contributed by atoms with Crippen molar-refractivity contribution < 1.29 is 58.4 Å². The lowest BCUT2D eigenvalue weighted by Crippen LogP contribution is -2.66. The van der Waals surface area contributed by atoms with Gasteiger partial charge in [0.25, 0.3) is 10.1 Å². The molecule has 0 saturated heterocycles. The molecule has 1 aromatic carbocycles. The molecule has 0 aromatic heterocycles. The van der Waals surface area contributed by atoms with Crippen LogP contribution in [0.2, 0.25) is 0 Å². The first-order valence-electron chi connectivity index (χ1n) is 13.0. The molecule has 0 heterocycles. The zero-order valence-electron chi connectivity index (χ0n) is 22.2. The first-order valence-corrected chi connectivity index (χ1v) is 14.6. The van der Waals surface area contributed by atoms with Crippen LogP contribution >= 0.6 is 0 Å². The molecular weight excluding hydrogens is 591 g/mol. The third-order valence-corrected chi connectivity index (χ3v) is 9.44. The van der Waals surface area contributed by atoms with E-state index in [1.807, 2.05) is 0 Å². The molecule has 2 atom stereocenters. The number of ether oxygens (including phenoxy) is 2. The number of esters is 2. The molecule has 17 heteroatoms. The maximum absolute atomic E-state index is 13.9. The van der Waals surface area contributed by atoms with Crippen LogP contribution in [0.4, 0.5) is 26.3 Å². The summed E-state index contributed by atoms with van der Waals surface area (Å²) in [5.74, 6) is -6.55. The molecule has 1 aromatic rings. The van der Waals surface area contributed by atoms with Gasteiger partial charge in [-0.05, 0) is 61.5 Å². The van der Waals surface area contributed by atoms with Crippen molar-refractivity contribution >= 4 is 45.6 Å². The Morgan fingerprint density at radius 3 is 1.69 bits per heavy atom. The van der Waals surface area contributed by atoms with Gasteiger partial charge in [-0.15, -0.1) is 0 Å². The minimum atomic E-state index is -6.46. The van der Waals surface area contributed by atoms with Crippen molar-refractivity contribution in [2.45, 2.75) is 75.4 Å². The smallest absolute Gasteiger partial charge is 0.438 e. The van der Waals surface area contributed by atoms with Crippen molar-refractivity contribution in [2.75, 3.05) is 5.75 Å². The molecule has 4 saturated carbocycles. The summed E-state index contributed by atoms with van der Waals surface area (Å²) in [6.07, 6.45) is -12.9. The van der Waals surface area contributed by atoms with Gasteiger partial charge in [0.1, 0.15) is 11.5 Å². The summed E-state index contributed by atoms with van der Waals surface area (Å²) in [6.45, 7) is 0. The van der Waals surface area contributed by atoms with Crippen molar-refractivity contribution in [1.29, 1.82) is 0 Å². The van der Waals surface area contributed by atoms with E-state index in [9.17, 15) is 44.3 Å². The SMILES string of the molecule is [B]Cc1cc(C[B])c(OC(=O)C23CC4CC(C2)CC(C(=O)OC(CS(=O)(=O)O)(C(F)(F)F)C(F)(F)F)(C4)C3)c(C[B])c1. The molecule has 0 amide bonds. The summed E-state index contributed by atoms with van der Waals surface area (Å²) < 4.78 is 125. The number of carbonyl (C=O) groups excluding carboxylic acids is 2. The molecule has 2 unspecified atom stereocenters. The Morgan fingerprint density at radius 1 is 0.857 bits per heavy atom. The fourth-order valence-corrected chi connectivity index (χ4v) is 8.21. The van der Waals surface area contributed by atoms with Crippen molar-refractivity contribution in [3.8, 4) is 5.75 Å². The van der Waals surface area contributed by atoms with Gasteiger partial charge in [-0.3, -0.25) is 14.1 Å². The highest BCUT2D eigenvalue weighted by Gasteiger charge is 2.77. The third-order valence-electron chi connectivity index (χ3n) is 8.67. The summed E-state index contributed by atoms with van der Waals surface area (Å²) in [5, 5.41) is 0. The lowest BCUT2D eigenvalue weighted by atomic mass is 9.44. The second-order valence-corrected chi connectivity index (χ2v) is 13.2. The highest BCUT2D eigenvalue weighted by molar-refractivity contribution is 7.85. The lowest BCUT2D eigenvalue weighted by Gasteiger charge is -2.59. The van der Waals surface area contributed by atoms with E-state index in [1.54, 1.807) is 12.1 Å². The average Bonchev–Trinajstić information content (AvgIpc) is 2.85. The molecule has 5 rings (SSSR count). The van der Waals surface area contributed by atoms with Gasteiger partial charge in [0.2, 0.25) is 0 Å². The minimum Gasteiger partial charge on any atom is -0.438 e. The molecule has 6 radical (unpaired) electrons. The zero-order chi connectivity index (χ0) is 31.5. The number of halogens is 6. The Morgan fingerprint density at radius 2 is 1.31 bits per heavy atom. The van der Waals surface area contributed by atoms with Gasteiger partial charge in [0, 0.05) is 0 Å². The van der Waals surface area contributed by atoms with Gasteiger partial charge in [-0.1, -0.05) is 36.7 Å². The van der Waals surface area contributed by atoms with Crippen LogP contribution in [-0.2, 0) is 43.4 Å². The van der Waals surface area contributed by atoms with Gasteiger partial charge in [-0.25, -0.2) is 0 Å². The Bertz CT molecular complexity index is 1310. The van der Waals surface area contributed by atoms with Crippen LogP contribution < -0.4 is 4.74 Å². The number of hydrogen-bond donors (Lipinski definition) is 1. The summed E-state index contributed by atoms with van der Waals surface area (Å²) in [6, 6.07) is 3.23. The van der Waals surface area contributed by atoms with Gasteiger partial charge < -0.3 is 9.47 Å². The van der Waals surface area contributed by atoms with Gasteiger partial charge in [0.05, 0.1) is 34.4 Å². The predicted molar refractivity (Wildman–Crippen MR) is 137 cm³/mol. The molecule has 0 spiro atoms. The molecule has 7 nitrogen and oxygen atoms in total. The van der Waals surface area contributed by atoms with E-state index in [2.05, 4.69) is 4.74 Å². The molecule has 42 heavy (non-hydrogen) atoms. The summed E-state index contributed by atoms with van der Waals surface area (Å²) in [7, 11) is 11.4. The van der Waals surface area contributed by atoms with Crippen molar-refractivity contribution in [3.63, 3.8) is 0 Å². The average molecular weight is 616 g/mol. The van der Waals surface area contributed by atoms with E-state index in [1.165, 1.54) is 0 Å². The highest BCUT2D eigenvalue weighted by Crippen LogP contribution is 2.66. The molecule has 4 bridgehead atoms. The van der Waals surface area contributed by atoms with Crippen LogP contribution in [0, 0.1) is 22.7 Å². The van der Waals surface area contributed by atoms with Crippen LogP contribution in [0.15, 0.2) is 12.1 Å². The molecule has 224 valence electrons. The molecule has 0 aliphatic heterocycles. The maximum Gasteiger partial charge on any atom is 0.438 e. The zero-order valence-corrected chi connectivity index (χ0v) is 23.0. The van der Waals surface area contributed by atoms with Crippen LogP contribution in [0.1, 0.15) is 55.2 Å². The molecule has 4 fully saturated rings. The molecular formula is C25H25B3F6O7S. The normalized spacial score (nSPS) is 27.6. The predicted octanol–water partition coefficient (Wildman–Crippen LogP) is 3.48. The number of hydrogen-bond acceptors (Lipinski definition) is 6. The summed E-state index contributed by atoms with van der Waals surface area (Å²) in [5.41, 5.74) is -7.48. The van der Waals surface area contributed by atoms with Crippen molar-refractivity contribution in [3.05, 3.63) is 28.8 Å². The van der Waals surface area contributed by atoms with Gasteiger partial charge >= 0.3 is 29.9 Å². The second-order valence-electron chi connectivity index (χ2n) is 11.7. The van der Waals surface area contributed by atoms with E-state index >= 15 is 0 Å². The highest BCUT2D eigenvalue weighted by atomic mass is 32.2. The summed E-state index contributed by atoms with van der Waals surface area (Å²) >= 11 is 0. The quantitative estimate of drug-likeness (QED) is 0.149. The topological polar surface area (TPSA) is 107 Å². The van der Waals surface area contributed by atoms with E-state index < -0.39 is 74.8 Å². The number of rotatable bonds is 9. The number of benzene rings is 1. The maximum atomic E-state index is 13.9. The van der Waals surface area contributed by atoms with E-state index in [-0.39, 0.29) is 50.4 Å². The Labute approximate surface area is 242 Å². The lowest BCUT2D eigenvalue weighted by molar-refractivity contribution is -0.364. The van der Waals surface area contributed by atoms with Crippen molar-refractivity contribution in [2.24, 2.45) is 22.7 Å². The second kappa shape index (κ2) is 10.8.